The molecule has 0 bridgehead atoms. The zero-order valence-electron chi connectivity index (χ0n) is 21.9. The molecule has 1 atom stereocenters. The standard InChI is InChI=1S/C34H28N4Si/c1-39-28-19-11-9-17-25(28)31-29(39)21-20-27-30(31)24-16-8-10-18-26(24)38(27)34-36-32(22-12-4-2-5-13-22)35-33(37-34)23-14-6-3-7-15-23/h2-7,9,11-15,17,19-21,39H,8,10,16,18H2,1H3. The Balaban J connectivity index is 1.44. The molecular formula is C34H28N4Si. The Morgan fingerprint density at radius 3 is 2.00 bits per heavy atom. The number of hydrogen-bond donors (Lipinski definition) is 0. The maximum atomic E-state index is 5.13. The molecule has 4 aromatic carbocycles. The van der Waals surface area contributed by atoms with Gasteiger partial charge in [-0.15, -0.1) is 0 Å². The molecule has 2 aliphatic rings. The van der Waals surface area contributed by atoms with Crippen LogP contribution in [0.3, 0.4) is 0 Å². The van der Waals surface area contributed by atoms with E-state index in [0.29, 0.717) is 17.6 Å². The summed E-state index contributed by atoms with van der Waals surface area (Å²) in [5.74, 6) is 2.13. The third-order valence-electron chi connectivity index (χ3n) is 8.52. The Kier molecular flexibility index (Phi) is 5.13. The van der Waals surface area contributed by atoms with Crippen molar-refractivity contribution < 1.29 is 0 Å². The Morgan fingerprint density at radius 1 is 0.641 bits per heavy atom. The summed E-state index contributed by atoms with van der Waals surface area (Å²) in [7, 11) is -1.20. The number of hydrogen-bond acceptors (Lipinski definition) is 3. The van der Waals surface area contributed by atoms with Crippen LogP contribution < -0.4 is 10.4 Å². The van der Waals surface area contributed by atoms with Gasteiger partial charge in [0.05, 0.1) is 5.52 Å². The highest BCUT2D eigenvalue weighted by Gasteiger charge is 2.32. The fourth-order valence-corrected chi connectivity index (χ4v) is 9.26. The Morgan fingerprint density at radius 2 is 1.28 bits per heavy atom. The van der Waals surface area contributed by atoms with Crippen LogP contribution in [0, 0.1) is 0 Å². The molecule has 188 valence electrons. The minimum Gasteiger partial charge on any atom is -0.282 e. The number of benzene rings is 4. The lowest BCUT2D eigenvalue weighted by Crippen LogP contribution is -2.34. The Hall–Kier alpha value is -4.35. The monoisotopic (exact) mass is 520 g/mol. The minimum absolute atomic E-state index is 0.707. The molecule has 39 heavy (non-hydrogen) atoms. The van der Waals surface area contributed by atoms with Crippen LogP contribution in [0.15, 0.2) is 97.1 Å². The fourth-order valence-electron chi connectivity index (χ4n) is 6.70. The van der Waals surface area contributed by atoms with Crippen molar-refractivity contribution in [3.05, 3.63) is 108 Å². The van der Waals surface area contributed by atoms with E-state index in [1.54, 1.807) is 10.4 Å². The van der Waals surface area contributed by atoms with E-state index in [1.807, 2.05) is 36.4 Å². The average molecular weight is 521 g/mol. The molecule has 5 heteroatoms. The highest BCUT2D eigenvalue weighted by molar-refractivity contribution is 6.89. The van der Waals surface area contributed by atoms with Crippen molar-refractivity contribution in [2.75, 3.05) is 0 Å². The van der Waals surface area contributed by atoms with E-state index in [-0.39, 0.29) is 0 Å². The first kappa shape index (κ1) is 22.6. The lowest BCUT2D eigenvalue weighted by Gasteiger charge is -2.16. The summed E-state index contributed by atoms with van der Waals surface area (Å²) in [5.41, 5.74) is 8.99. The Labute approximate surface area is 229 Å². The van der Waals surface area contributed by atoms with Gasteiger partial charge in [0.1, 0.15) is 8.80 Å². The predicted molar refractivity (Wildman–Crippen MR) is 162 cm³/mol. The van der Waals surface area contributed by atoms with E-state index in [0.717, 1.165) is 24.0 Å². The van der Waals surface area contributed by atoms with Crippen LogP contribution in [0.2, 0.25) is 6.55 Å². The van der Waals surface area contributed by atoms with Crippen molar-refractivity contribution in [3.63, 3.8) is 0 Å². The van der Waals surface area contributed by atoms with Crippen LogP contribution in [0.1, 0.15) is 24.1 Å². The van der Waals surface area contributed by atoms with Crippen LogP contribution in [-0.2, 0) is 12.8 Å². The van der Waals surface area contributed by atoms with Crippen molar-refractivity contribution in [3.8, 4) is 39.9 Å². The van der Waals surface area contributed by atoms with E-state index in [1.165, 1.54) is 46.1 Å². The fraction of sp³-hybridized carbons (Fsp3) is 0.147. The lowest BCUT2D eigenvalue weighted by atomic mass is 9.92. The van der Waals surface area contributed by atoms with E-state index in [9.17, 15) is 0 Å². The molecule has 6 aromatic rings. The highest BCUT2D eigenvalue weighted by atomic mass is 28.3. The van der Waals surface area contributed by atoms with Crippen LogP contribution in [-0.4, -0.2) is 28.3 Å². The maximum absolute atomic E-state index is 5.13. The van der Waals surface area contributed by atoms with Crippen LogP contribution in [0.4, 0.5) is 0 Å². The van der Waals surface area contributed by atoms with Gasteiger partial charge in [0.2, 0.25) is 5.95 Å². The summed E-state index contributed by atoms with van der Waals surface area (Å²) < 4.78 is 2.36. The summed E-state index contributed by atoms with van der Waals surface area (Å²) in [5, 5.41) is 4.56. The smallest absolute Gasteiger partial charge is 0.238 e. The number of aromatic nitrogens is 4. The normalized spacial score (nSPS) is 15.7. The van der Waals surface area contributed by atoms with E-state index >= 15 is 0 Å². The molecule has 0 saturated carbocycles. The van der Waals surface area contributed by atoms with Gasteiger partial charge in [-0.2, -0.15) is 9.97 Å². The first-order valence-corrected chi connectivity index (χ1v) is 16.2. The number of fused-ring (bicyclic) bond motifs is 7. The predicted octanol–water partition coefficient (Wildman–Crippen LogP) is 5.98. The van der Waals surface area contributed by atoms with Crippen LogP contribution >= 0.6 is 0 Å². The van der Waals surface area contributed by atoms with Gasteiger partial charge in [-0.05, 0) is 53.6 Å². The Bertz CT molecular complexity index is 1820. The second-order valence-electron chi connectivity index (χ2n) is 10.7. The molecule has 2 aromatic heterocycles. The summed E-state index contributed by atoms with van der Waals surface area (Å²) in [6.07, 6.45) is 4.57. The third-order valence-corrected chi connectivity index (χ3v) is 11.4. The van der Waals surface area contributed by atoms with Crippen LogP contribution in [0.25, 0.3) is 50.8 Å². The van der Waals surface area contributed by atoms with Crippen molar-refractivity contribution in [1.29, 1.82) is 0 Å². The zero-order valence-corrected chi connectivity index (χ0v) is 23.1. The van der Waals surface area contributed by atoms with Gasteiger partial charge in [0, 0.05) is 22.2 Å². The number of rotatable bonds is 3. The topological polar surface area (TPSA) is 43.6 Å². The van der Waals surface area contributed by atoms with E-state index < -0.39 is 8.80 Å². The second kappa shape index (κ2) is 8.85. The van der Waals surface area contributed by atoms with Crippen molar-refractivity contribution in [1.82, 2.24) is 19.5 Å². The first-order chi connectivity index (χ1) is 19.3. The molecule has 1 aliphatic carbocycles. The van der Waals surface area contributed by atoms with E-state index in [4.69, 9.17) is 15.0 Å². The van der Waals surface area contributed by atoms with Crippen molar-refractivity contribution >= 4 is 30.1 Å². The molecule has 1 aliphatic heterocycles. The zero-order chi connectivity index (χ0) is 25.9. The van der Waals surface area contributed by atoms with Crippen molar-refractivity contribution in [2.45, 2.75) is 32.2 Å². The highest BCUT2D eigenvalue weighted by Crippen LogP contribution is 2.40. The quantitative estimate of drug-likeness (QED) is 0.270. The minimum atomic E-state index is -1.20. The van der Waals surface area contributed by atoms with Gasteiger partial charge >= 0.3 is 0 Å². The molecule has 0 N–H and O–H groups in total. The van der Waals surface area contributed by atoms with E-state index in [2.05, 4.69) is 71.8 Å². The summed E-state index contributed by atoms with van der Waals surface area (Å²) in [4.78, 5) is 15.2. The molecule has 0 radical (unpaired) electrons. The van der Waals surface area contributed by atoms with Crippen molar-refractivity contribution in [2.24, 2.45) is 0 Å². The molecule has 3 heterocycles. The second-order valence-corrected chi connectivity index (χ2v) is 13.4. The molecule has 0 spiro atoms. The molecule has 0 amide bonds. The number of aryl methyl sites for hydroxylation is 1. The molecule has 0 saturated heterocycles. The summed E-state index contributed by atoms with van der Waals surface area (Å²) in [6, 6.07) is 34.4. The lowest BCUT2D eigenvalue weighted by molar-refractivity contribution is 0.661. The SMILES string of the molecule is C[SiH]1c2ccccc2-c2c1ccc1c2c2c(n1-c1nc(-c3ccccc3)nc(-c3ccccc3)n1)CCCC2. The summed E-state index contributed by atoms with van der Waals surface area (Å²) in [6.45, 7) is 2.48. The molecule has 0 fully saturated rings. The number of nitrogens with zero attached hydrogens (tertiary/aromatic N) is 4. The molecule has 1 unspecified atom stereocenters. The third kappa shape index (κ3) is 3.46. The van der Waals surface area contributed by atoms with Gasteiger partial charge in [-0.25, -0.2) is 4.98 Å². The van der Waals surface area contributed by atoms with Gasteiger partial charge in [0.25, 0.3) is 0 Å². The van der Waals surface area contributed by atoms with Crippen LogP contribution in [0.5, 0.6) is 0 Å². The first-order valence-electron chi connectivity index (χ1n) is 13.9. The summed E-state index contributed by atoms with van der Waals surface area (Å²) >= 11 is 0. The van der Waals surface area contributed by atoms with Gasteiger partial charge in [-0.1, -0.05) is 103 Å². The molecular weight excluding hydrogens is 492 g/mol. The molecule has 8 rings (SSSR count). The molecule has 4 nitrogen and oxygen atoms in total. The van der Waals surface area contributed by atoms with Gasteiger partial charge in [0.15, 0.2) is 11.6 Å². The maximum Gasteiger partial charge on any atom is 0.238 e. The van der Waals surface area contributed by atoms with Gasteiger partial charge in [-0.3, -0.25) is 4.57 Å². The average Bonchev–Trinajstić information content (AvgIpc) is 3.50. The largest absolute Gasteiger partial charge is 0.282 e. The van der Waals surface area contributed by atoms with Gasteiger partial charge < -0.3 is 0 Å².